The van der Waals surface area contributed by atoms with Crippen LogP contribution in [0.1, 0.15) is 44.6 Å². The number of benzene rings is 1. The van der Waals surface area contributed by atoms with E-state index in [4.69, 9.17) is 10.7 Å². The van der Waals surface area contributed by atoms with Crippen molar-refractivity contribution in [3.05, 3.63) is 29.6 Å². The minimum absolute atomic E-state index is 0.429. The lowest BCUT2D eigenvalue weighted by Crippen LogP contribution is -2.19. The smallest absolute Gasteiger partial charge is 0.110 e. The number of hydrogen-bond donors (Lipinski definition) is 1. The molecule has 2 N–H and O–H groups in total. The molecule has 0 saturated carbocycles. The number of rotatable bonds is 5. The molecule has 3 nitrogen and oxygen atoms in total. The Morgan fingerprint density at radius 2 is 2.05 bits per heavy atom. The average molecular weight is 259 g/mol. The summed E-state index contributed by atoms with van der Waals surface area (Å²) < 4.78 is 2.35. The van der Waals surface area contributed by atoms with Crippen LogP contribution >= 0.6 is 0 Å². The summed E-state index contributed by atoms with van der Waals surface area (Å²) in [6, 6.07) is 6.94. The van der Waals surface area contributed by atoms with Gasteiger partial charge < -0.3 is 10.3 Å². The van der Waals surface area contributed by atoms with Crippen LogP contribution in [-0.4, -0.2) is 16.1 Å². The van der Waals surface area contributed by atoms with Crippen molar-refractivity contribution in [1.82, 2.24) is 9.55 Å². The Labute approximate surface area is 115 Å². The summed E-state index contributed by atoms with van der Waals surface area (Å²) in [4.78, 5) is 4.84. The first-order chi connectivity index (χ1) is 9.06. The molecule has 0 saturated heterocycles. The molecule has 0 aliphatic rings. The van der Waals surface area contributed by atoms with Crippen molar-refractivity contribution in [2.75, 3.05) is 6.54 Å². The van der Waals surface area contributed by atoms with Gasteiger partial charge in [-0.05, 0) is 50.9 Å². The van der Waals surface area contributed by atoms with E-state index in [1.54, 1.807) is 0 Å². The molecule has 3 heteroatoms. The minimum atomic E-state index is 0.429. The van der Waals surface area contributed by atoms with Crippen molar-refractivity contribution in [3.8, 4) is 0 Å². The van der Waals surface area contributed by atoms with E-state index < -0.39 is 0 Å². The van der Waals surface area contributed by atoms with Gasteiger partial charge in [-0.1, -0.05) is 19.4 Å². The Bertz CT molecular complexity index is 550. The predicted octanol–water partition coefficient (Wildman–Crippen LogP) is 3.45. The quantitative estimate of drug-likeness (QED) is 0.893. The molecule has 0 aliphatic carbocycles. The molecule has 0 spiro atoms. The molecule has 0 amide bonds. The Balaban J connectivity index is 2.49. The van der Waals surface area contributed by atoms with Gasteiger partial charge in [0.25, 0.3) is 0 Å². The number of aryl methyl sites for hydroxylation is 1. The summed E-state index contributed by atoms with van der Waals surface area (Å²) >= 11 is 0. The van der Waals surface area contributed by atoms with Crippen LogP contribution in [-0.2, 0) is 6.42 Å². The first-order valence-electron chi connectivity index (χ1n) is 7.24. The lowest BCUT2D eigenvalue weighted by atomic mass is 10.0. The maximum Gasteiger partial charge on any atom is 0.110 e. The monoisotopic (exact) mass is 259 g/mol. The van der Waals surface area contributed by atoms with Gasteiger partial charge in [0.1, 0.15) is 5.82 Å². The Morgan fingerprint density at radius 3 is 2.63 bits per heavy atom. The van der Waals surface area contributed by atoms with Gasteiger partial charge in [0.05, 0.1) is 11.0 Å². The number of aromatic nitrogens is 2. The first-order valence-corrected chi connectivity index (χ1v) is 7.24. The summed E-state index contributed by atoms with van der Waals surface area (Å²) in [6.07, 6.45) is 2.08. The second-order valence-corrected chi connectivity index (χ2v) is 5.70. The van der Waals surface area contributed by atoms with Crippen LogP contribution < -0.4 is 5.73 Å². The van der Waals surface area contributed by atoms with Gasteiger partial charge in [0, 0.05) is 12.5 Å². The molecule has 0 aliphatic heterocycles. The molecule has 0 fully saturated rings. The van der Waals surface area contributed by atoms with Gasteiger partial charge in [-0.15, -0.1) is 0 Å². The fourth-order valence-corrected chi connectivity index (χ4v) is 2.63. The third-order valence-electron chi connectivity index (χ3n) is 3.82. The van der Waals surface area contributed by atoms with Gasteiger partial charge in [-0.3, -0.25) is 0 Å². The summed E-state index contributed by atoms with van der Waals surface area (Å²) in [6.45, 7) is 9.48. The SMILES string of the molecule is CCC(CN)Cc1nc2cc(C)ccc2n1C(C)C. The molecular formula is C16H25N3. The van der Waals surface area contributed by atoms with Crippen LogP contribution in [0, 0.1) is 12.8 Å². The second kappa shape index (κ2) is 5.74. The van der Waals surface area contributed by atoms with Crippen LogP contribution in [0.15, 0.2) is 18.2 Å². The van der Waals surface area contributed by atoms with Crippen molar-refractivity contribution >= 4 is 11.0 Å². The summed E-state index contributed by atoms with van der Waals surface area (Å²) in [5.41, 5.74) is 9.45. The van der Waals surface area contributed by atoms with Crippen LogP contribution in [0.2, 0.25) is 0 Å². The molecule has 2 aromatic rings. The van der Waals surface area contributed by atoms with E-state index in [0.717, 1.165) is 24.9 Å². The van der Waals surface area contributed by atoms with Crippen molar-refractivity contribution < 1.29 is 0 Å². The van der Waals surface area contributed by atoms with Crippen LogP contribution in [0.4, 0.5) is 0 Å². The van der Waals surface area contributed by atoms with Gasteiger partial charge in [-0.2, -0.15) is 0 Å². The van der Waals surface area contributed by atoms with Gasteiger partial charge in [0.2, 0.25) is 0 Å². The summed E-state index contributed by atoms with van der Waals surface area (Å²) in [7, 11) is 0. The Morgan fingerprint density at radius 1 is 1.32 bits per heavy atom. The van der Waals surface area contributed by atoms with Crippen LogP contribution in [0.5, 0.6) is 0 Å². The molecule has 2 rings (SSSR count). The normalized spacial score (nSPS) is 13.4. The van der Waals surface area contributed by atoms with Crippen LogP contribution in [0.25, 0.3) is 11.0 Å². The highest BCUT2D eigenvalue weighted by Crippen LogP contribution is 2.24. The number of nitrogens with zero attached hydrogens (tertiary/aromatic N) is 2. The number of nitrogens with two attached hydrogens (primary N) is 1. The van der Waals surface area contributed by atoms with Crippen molar-refractivity contribution in [1.29, 1.82) is 0 Å². The average Bonchev–Trinajstić information content (AvgIpc) is 2.72. The fourth-order valence-electron chi connectivity index (χ4n) is 2.63. The van der Waals surface area contributed by atoms with E-state index in [2.05, 4.69) is 50.5 Å². The first kappa shape index (κ1) is 14.1. The van der Waals surface area contributed by atoms with E-state index in [9.17, 15) is 0 Å². The molecule has 104 valence electrons. The molecular weight excluding hydrogens is 234 g/mol. The Kier molecular flexibility index (Phi) is 4.25. The van der Waals surface area contributed by atoms with E-state index in [0.29, 0.717) is 12.0 Å². The summed E-state index contributed by atoms with van der Waals surface area (Å²) in [5, 5.41) is 0. The standard InChI is InChI=1S/C16H25N3/c1-5-13(10-17)9-16-18-14-8-12(4)6-7-15(14)19(16)11(2)3/h6-8,11,13H,5,9-10,17H2,1-4H3. The highest BCUT2D eigenvalue weighted by atomic mass is 15.1. The lowest BCUT2D eigenvalue weighted by molar-refractivity contribution is 0.478. The summed E-state index contributed by atoms with van der Waals surface area (Å²) in [5.74, 6) is 1.70. The third kappa shape index (κ3) is 2.81. The molecule has 19 heavy (non-hydrogen) atoms. The largest absolute Gasteiger partial charge is 0.330 e. The number of fused-ring (bicyclic) bond motifs is 1. The van der Waals surface area contributed by atoms with Gasteiger partial charge >= 0.3 is 0 Å². The van der Waals surface area contributed by atoms with Crippen LogP contribution in [0.3, 0.4) is 0 Å². The zero-order valence-corrected chi connectivity index (χ0v) is 12.5. The topological polar surface area (TPSA) is 43.8 Å². The maximum atomic E-state index is 5.84. The molecule has 1 unspecified atom stereocenters. The fraction of sp³-hybridized carbons (Fsp3) is 0.562. The predicted molar refractivity (Wildman–Crippen MR) is 81.4 cm³/mol. The molecule has 1 heterocycles. The van der Waals surface area contributed by atoms with Crippen molar-refractivity contribution in [2.24, 2.45) is 11.7 Å². The van der Waals surface area contributed by atoms with Crippen molar-refractivity contribution in [3.63, 3.8) is 0 Å². The van der Waals surface area contributed by atoms with E-state index >= 15 is 0 Å². The molecule has 1 atom stereocenters. The molecule has 0 radical (unpaired) electrons. The highest BCUT2D eigenvalue weighted by Gasteiger charge is 2.16. The van der Waals surface area contributed by atoms with Gasteiger partial charge in [-0.25, -0.2) is 4.98 Å². The molecule has 1 aromatic carbocycles. The van der Waals surface area contributed by atoms with Gasteiger partial charge in [0.15, 0.2) is 0 Å². The van der Waals surface area contributed by atoms with Crippen molar-refractivity contribution in [2.45, 2.75) is 46.6 Å². The zero-order chi connectivity index (χ0) is 14.0. The Hall–Kier alpha value is -1.35. The highest BCUT2D eigenvalue weighted by molar-refractivity contribution is 5.77. The zero-order valence-electron chi connectivity index (χ0n) is 12.5. The van der Waals surface area contributed by atoms with E-state index in [1.165, 1.54) is 16.9 Å². The number of hydrogen-bond acceptors (Lipinski definition) is 2. The lowest BCUT2D eigenvalue weighted by Gasteiger charge is -2.16. The molecule has 0 bridgehead atoms. The van der Waals surface area contributed by atoms with E-state index in [-0.39, 0.29) is 0 Å². The number of imidazole rings is 1. The third-order valence-corrected chi connectivity index (χ3v) is 3.82. The minimum Gasteiger partial charge on any atom is -0.330 e. The maximum absolute atomic E-state index is 5.84. The van der Waals surface area contributed by atoms with E-state index in [1.807, 2.05) is 0 Å². The molecule has 1 aromatic heterocycles. The second-order valence-electron chi connectivity index (χ2n) is 5.70.